The standard InChI is InChI=1S/C15H16FN3O/c1-10-8-13-14(18-10)17-9-19(15(13)20)7-6-11-2-4-12(16)5-3-11/h2-5,8-9,15,18,20H,6-7H2,1H3. The number of H-pyrrole nitrogens is 1. The van der Waals surface area contributed by atoms with Crippen LogP contribution in [0, 0.1) is 12.7 Å². The zero-order valence-electron chi connectivity index (χ0n) is 11.2. The van der Waals surface area contributed by atoms with Crippen LogP contribution < -0.4 is 0 Å². The van der Waals surface area contributed by atoms with Crippen LogP contribution in [0.25, 0.3) is 0 Å². The van der Waals surface area contributed by atoms with Crippen LogP contribution in [0.3, 0.4) is 0 Å². The molecule has 0 spiro atoms. The van der Waals surface area contributed by atoms with Crippen molar-refractivity contribution in [3.8, 4) is 0 Å². The maximum atomic E-state index is 12.8. The number of aliphatic hydroxyl groups excluding tert-OH is 1. The first-order valence-electron chi connectivity index (χ1n) is 6.55. The quantitative estimate of drug-likeness (QED) is 0.903. The Morgan fingerprint density at radius 2 is 2.10 bits per heavy atom. The smallest absolute Gasteiger partial charge is 0.157 e. The van der Waals surface area contributed by atoms with Crippen LogP contribution in [-0.2, 0) is 6.42 Å². The zero-order valence-corrected chi connectivity index (χ0v) is 11.2. The van der Waals surface area contributed by atoms with Crippen molar-refractivity contribution >= 4 is 12.2 Å². The second-order valence-electron chi connectivity index (χ2n) is 4.99. The van der Waals surface area contributed by atoms with E-state index in [1.54, 1.807) is 23.4 Å². The number of hydrogen-bond acceptors (Lipinski definition) is 3. The Kier molecular flexibility index (Phi) is 3.28. The molecule has 1 atom stereocenters. The first-order chi connectivity index (χ1) is 9.63. The summed E-state index contributed by atoms with van der Waals surface area (Å²) >= 11 is 0. The minimum atomic E-state index is -0.687. The molecule has 2 N–H and O–H groups in total. The summed E-state index contributed by atoms with van der Waals surface area (Å²) in [6, 6.07) is 8.32. The van der Waals surface area contributed by atoms with E-state index in [0.29, 0.717) is 12.4 Å². The fourth-order valence-electron chi connectivity index (χ4n) is 2.36. The fraction of sp³-hybridized carbons (Fsp3) is 0.267. The molecule has 0 bridgehead atoms. The Balaban J connectivity index is 1.68. The number of aliphatic imine (C=N–C) groups is 1. The van der Waals surface area contributed by atoms with Gasteiger partial charge in [-0.15, -0.1) is 0 Å². The van der Waals surface area contributed by atoms with Crippen molar-refractivity contribution in [2.75, 3.05) is 6.54 Å². The highest BCUT2D eigenvalue weighted by Gasteiger charge is 2.23. The Labute approximate surface area is 116 Å². The van der Waals surface area contributed by atoms with Crippen LogP contribution >= 0.6 is 0 Å². The van der Waals surface area contributed by atoms with Crippen molar-refractivity contribution in [1.29, 1.82) is 0 Å². The van der Waals surface area contributed by atoms with E-state index in [-0.39, 0.29) is 5.82 Å². The average molecular weight is 273 g/mol. The Hall–Kier alpha value is -2.14. The van der Waals surface area contributed by atoms with E-state index in [0.717, 1.165) is 23.2 Å². The number of fused-ring (bicyclic) bond motifs is 1. The summed E-state index contributed by atoms with van der Waals surface area (Å²) in [5.41, 5.74) is 2.80. The number of aromatic amines is 1. The summed E-state index contributed by atoms with van der Waals surface area (Å²) in [4.78, 5) is 9.18. The van der Waals surface area contributed by atoms with E-state index in [1.165, 1.54) is 12.1 Å². The van der Waals surface area contributed by atoms with E-state index in [9.17, 15) is 9.50 Å². The first kappa shape index (κ1) is 12.9. The summed E-state index contributed by atoms with van der Waals surface area (Å²) in [5, 5.41) is 10.3. The molecule has 2 heterocycles. The molecule has 0 fully saturated rings. The van der Waals surface area contributed by atoms with Crippen molar-refractivity contribution < 1.29 is 9.50 Å². The van der Waals surface area contributed by atoms with Crippen LogP contribution in [0.1, 0.15) is 23.0 Å². The third kappa shape index (κ3) is 2.44. The third-order valence-electron chi connectivity index (χ3n) is 3.46. The van der Waals surface area contributed by atoms with E-state index in [2.05, 4.69) is 9.98 Å². The number of hydrogen-bond donors (Lipinski definition) is 2. The van der Waals surface area contributed by atoms with Gasteiger partial charge in [-0.3, -0.25) is 0 Å². The lowest BCUT2D eigenvalue weighted by atomic mass is 10.1. The molecular formula is C15H16FN3O. The highest BCUT2D eigenvalue weighted by atomic mass is 19.1. The van der Waals surface area contributed by atoms with Gasteiger partial charge in [0.1, 0.15) is 11.6 Å². The molecule has 1 aromatic heterocycles. The second-order valence-corrected chi connectivity index (χ2v) is 4.99. The molecule has 0 saturated carbocycles. The summed E-state index contributed by atoms with van der Waals surface area (Å²) in [6.07, 6.45) is 1.68. The molecule has 1 aliphatic heterocycles. The molecular weight excluding hydrogens is 257 g/mol. The molecule has 2 aromatic rings. The van der Waals surface area contributed by atoms with E-state index in [4.69, 9.17) is 0 Å². The SMILES string of the molecule is Cc1cc2c([nH]1)N=CN(CCc1ccc(F)cc1)C2O. The summed E-state index contributed by atoms with van der Waals surface area (Å²) in [6.45, 7) is 2.56. The van der Waals surface area contributed by atoms with Crippen LogP contribution in [0.4, 0.5) is 10.2 Å². The highest BCUT2D eigenvalue weighted by Crippen LogP contribution is 2.31. The molecule has 0 radical (unpaired) electrons. The lowest BCUT2D eigenvalue weighted by molar-refractivity contribution is 0.0552. The number of nitrogens with one attached hydrogen (secondary N) is 1. The molecule has 20 heavy (non-hydrogen) atoms. The Bertz CT molecular complexity index is 633. The molecule has 5 heteroatoms. The van der Waals surface area contributed by atoms with Crippen LogP contribution in [-0.4, -0.2) is 27.9 Å². The number of rotatable bonds is 3. The number of benzene rings is 1. The van der Waals surface area contributed by atoms with Gasteiger partial charge in [-0.25, -0.2) is 9.38 Å². The van der Waals surface area contributed by atoms with Crippen molar-refractivity contribution in [2.45, 2.75) is 19.6 Å². The second kappa shape index (κ2) is 5.09. The van der Waals surface area contributed by atoms with Crippen LogP contribution in [0.2, 0.25) is 0 Å². The van der Waals surface area contributed by atoms with Crippen molar-refractivity contribution in [2.24, 2.45) is 4.99 Å². The normalized spacial score (nSPS) is 17.4. The van der Waals surface area contributed by atoms with Gasteiger partial charge >= 0.3 is 0 Å². The van der Waals surface area contributed by atoms with Gasteiger partial charge in [-0.05, 0) is 37.1 Å². The molecule has 0 saturated heterocycles. The molecule has 104 valence electrons. The number of nitrogens with zero attached hydrogens (tertiary/aromatic N) is 2. The number of aryl methyl sites for hydroxylation is 1. The lowest BCUT2D eigenvalue weighted by Gasteiger charge is -2.28. The largest absolute Gasteiger partial charge is 0.369 e. The number of aromatic nitrogens is 1. The zero-order chi connectivity index (χ0) is 14.1. The minimum Gasteiger partial charge on any atom is -0.369 e. The molecule has 1 aliphatic rings. The molecule has 3 rings (SSSR count). The monoisotopic (exact) mass is 273 g/mol. The minimum absolute atomic E-state index is 0.235. The number of aliphatic hydroxyl groups is 1. The predicted octanol–water partition coefficient (Wildman–Crippen LogP) is 2.67. The van der Waals surface area contributed by atoms with Gasteiger partial charge in [0, 0.05) is 17.8 Å². The van der Waals surface area contributed by atoms with Gasteiger partial charge in [0.05, 0.1) is 6.34 Å². The maximum absolute atomic E-state index is 12.8. The van der Waals surface area contributed by atoms with E-state index in [1.807, 2.05) is 13.0 Å². The Morgan fingerprint density at radius 3 is 2.85 bits per heavy atom. The van der Waals surface area contributed by atoms with Gasteiger partial charge < -0.3 is 15.0 Å². The molecule has 0 amide bonds. The fourth-order valence-corrected chi connectivity index (χ4v) is 2.36. The van der Waals surface area contributed by atoms with Gasteiger partial charge in [-0.1, -0.05) is 12.1 Å². The Morgan fingerprint density at radius 1 is 1.35 bits per heavy atom. The molecule has 4 nitrogen and oxygen atoms in total. The van der Waals surface area contributed by atoms with Crippen molar-refractivity contribution in [3.05, 3.63) is 53.0 Å². The molecule has 1 unspecified atom stereocenters. The van der Waals surface area contributed by atoms with Gasteiger partial charge in [0.15, 0.2) is 6.23 Å². The maximum Gasteiger partial charge on any atom is 0.157 e. The van der Waals surface area contributed by atoms with Gasteiger partial charge in [-0.2, -0.15) is 0 Å². The van der Waals surface area contributed by atoms with Crippen LogP contribution in [0.5, 0.6) is 0 Å². The van der Waals surface area contributed by atoms with Crippen molar-refractivity contribution in [3.63, 3.8) is 0 Å². The first-order valence-corrected chi connectivity index (χ1v) is 6.55. The third-order valence-corrected chi connectivity index (χ3v) is 3.46. The lowest BCUT2D eigenvalue weighted by Crippen LogP contribution is -2.31. The van der Waals surface area contributed by atoms with E-state index >= 15 is 0 Å². The molecule has 1 aromatic carbocycles. The van der Waals surface area contributed by atoms with Crippen LogP contribution in [0.15, 0.2) is 35.3 Å². The van der Waals surface area contributed by atoms with Gasteiger partial charge in [0.25, 0.3) is 0 Å². The predicted molar refractivity (Wildman–Crippen MR) is 75.5 cm³/mol. The summed E-state index contributed by atoms with van der Waals surface area (Å²) in [5.74, 6) is 0.480. The van der Waals surface area contributed by atoms with Crippen molar-refractivity contribution in [1.82, 2.24) is 9.88 Å². The van der Waals surface area contributed by atoms with E-state index < -0.39 is 6.23 Å². The number of halogens is 1. The summed E-state index contributed by atoms with van der Waals surface area (Å²) < 4.78 is 12.8. The summed E-state index contributed by atoms with van der Waals surface area (Å²) in [7, 11) is 0. The topological polar surface area (TPSA) is 51.6 Å². The van der Waals surface area contributed by atoms with Gasteiger partial charge in [0.2, 0.25) is 0 Å². The highest BCUT2D eigenvalue weighted by molar-refractivity contribution is 5.66. The average Bonchev–Trinajstić information content (AvgIpc) is 2.81. The molecule has 0 aliphatic carbocycles.